The fourth-order valence-electron chi connectivity index (χ4n) is 1.42. The highest BCUT2D eigenvalue weighted by molar-refractivity contribution is 9.10. The van der Waals surface area contributed by atoms with E-state index >= 15 is 0 Å². The Morgan fingerprint density at radius 3 is 2.71 bits per heavy atom. The van der Waals surface area contributed by atoms with E-state index in [0.717, 1.165) is 20.5 Å². The number of benzene rings is 1. The van der Waals surface area contributed by atoms with Crippen LogP contribution in [0.4, 0.5) is 0 Å². The molecule has 0 fully saturated rings. The number of hydrogen-bond donors (Lipinski definition) is 0. The molecule has 2 nitrogen and oxygen atoms in total. The van der Waals surface area contributed by atoms with Gasteiger partial charge in [-0.3, -0.25) is 4.68 Å². The monoisotopic (exact) mass is 272 g/mol. The van der Waals surface area contributed by atoms with Gasteiger partial charge in [0, 0.05) is 6.04 Å². The maximum Gasteiger partial charge on any atom is 0.113 e. The molecule has 0 saturated heterocycles. The van der Waals surface area contributed by atoms with Crippen molar-refractivity contribution < 1.29 is 0 Å². The van der Waals surface area contributed by atoms with Crippen molar-refractivity contribution in [2.24, 2.45) is 0 Å². The average molecular weight is 274 g/mol. The van der Waals surface area contributed by atoms with Crippen LogP contribution in [0.15, 0.2) is 22.8 Å². The summed E-state index contributed by atoms with van der Waals surface area (Å²) < 4.78 is 2.88. The van der Waals surface area contributed by atoms with Gasteiger partial charge in [-0.1, -0.05) is 17.7 Å². The van der Waals surface area contributed by atoms with E-state index in [4.69, 9.17) is 11.6 Å². The van der Waals surface area contributed by atoms with Crippen LogP contribution in [-0.4, -0.2) is 9.78 Å². The van der Waals surface area contributed by atoms with Gasteiger partial charge in [0.25, 0.3) is 0 Å². The van der Waals surface area contributed by atoms with E-state index in [0.29, 0.717) is 6.04 Å². The highest BCUT2D eigenvalue weighted by atomic mass is 79.9. The minimum Gasteiger partial charge on any atom is -0.255 e. The molecule has 2 rings (SSSR count). The third-order valence-corrected chi connectivity index (χ3v) is 3.18. The lowest BCUT2D eigenvalue weighted by Crippen LogP contribution is -2.02. The highest BCUT2D eigenvalue weighted by Crippen LogP contribution is 2.31. The van der Waals surface area contributed by atoms with Gasteiger partial charge in [-0.15, -0.1) is 0 Å². The fraction of sp³-hybridized carbons (Fsp3) is 0.300. The zero-order valence-corrected chi connectivity index (χ0v) is 10.3. The van der Waals surface area contributed by atoms with Crippen molar-refractivity contribution in [2.75, 3.05) is 0 Å². The molecular formula is C10H10BrClN2. The topological polar surface area (TPSA) is 17.8 Å². The summed E-state index contributed by atoms with van der Waals surface area (Å²) in [6, 6.07) is 6.08. The van der Waals surface area contributed by atoms with E-state index in [1.54, 1.807) is 0 Å². The van der Waals surface area contributed by atoms with Crippen molar-refractivity contribution in [3.05, 3.63) is 27.8 Å². The van der Waals surface area contributed by atoms with E-state index in [1.807, 2.05) is 22.9 Å². The summed E-state index contributed by atoms with van der Waals surface area (Å²) >= 11 is 9.62. The molecule has 1 aromatic heterocycles. The van der Waals surface area contributed by atoms with Gasteiger partial charge in [0.1, 0.15) is 4.60 Å². The minimum atomic E-state index is 0.327. The first-order chi connectivity index (χ1) is 6.61. The standard InChI is InChI=1S/C10H10BrClN2/c1-6(2)14-10(11)9-7(12)4-3-5-8(9)13-14/h3-6H,1-2H3. The Morgan fingerprint density at radius 1 is 1.43 bits per heavy atom. The lowest BCUT2D eigenvalue weighted by molar-refractivity contribution is 0.527. The summed E-state index contributed by atoms with van der Waals surface area (Å²) in [4.78, 5) is 0. The van der Waals surface area contributed by atoms with Gasteiger partial charge in [0.2, 0.25) is 0 Å². The van der Waals surface area contributed by atoms with Crippen LogP contribution in [0.3, 0.4) is 0 Å². The molecule has 1 heterocycles. The van der Waals surface area contributed by atoms with Gasteiger partial charge < -0.3 is 0 Å². The van der Waals surface area contributed by atoms with E-state index in [1.165, 1.54) is 0 Å². The zero-order chi connectivity index (χ0) is 10.3. The van der Waals surface area contributed by atoms with Gasteiger partial charge in [0.15, 0.2) is 0 Å². The SMILES string of the molecule is CC(C)n1nc2cccc(Cl)c2c1Br. The molecular weight excluding hydrogens is 263 g/mol. The van der Waals surface area contributed by atoms with Crippen LogP contribution in [0.2, 0.25) is 5.02 Å². The molecule has 0 radical (unpaired) electrons. The van der Waals surface area contributed by atoms with Gasteiger partial charge in [0.05, 0.1) is 15.9 Å². The summed E-state index contributed by atoms with van der Waals surface area (Å²) in [5.41, 5.74) is 0.929. The smallest absolute Gasteiger partial charge is 0.113 e. The Morgan fingerprint density at radius 2 is 2.14 bits per heavy atom. The van der Waals surface area contributed by atoms with Crippen molar-refractivity contribution in [2.45, 2.75) is 19.9 Å². The predicted molar refractivity (Wildman–Crippen MR) is 62.8 cm³/mol. The van der Waals surface area contributed by atoms with Crippen molar-refractivity contribution in [1.82, 2.24) is 9.78 Å². The molecule has 0 aliphatic heterocycles. The summed E-state index contributed by atoms with van der Waals surface area (Å²) in [6.07, 6.45) is 0. The van der Waals surface area contributed by atoms with Crippen LogP contribution in [0.5, 0.6) is 0 Å². The third-order valence-electron chi connectivity index (χ3n) is 2.10. The second kappa shape index (κ2) is 3.55. The largest absolute Gasteiger partial charge is 0.255 e. The minimum absolute atomic E-state index is 0.327. The molecule has 0 aliphatic carbocycles. The van der Waals surface area contributed by atoms with Gasteiger partial charge in [-0.2, -0.15) is 5.10 Å². The average Bonchev–Trinajstić information content (AvgIpc) is 2.45. The van der Waals surface area contributed by atoms with Crippen molar-refractivity contribution in [3.63, 3.8) is 0 Å². The van der Waals surface area contributed by atoms with Gasteiger partial charge in [-0.25, -0.2) is 0 Å². The molecule has 0 amide bonds. The molecule has 0 bridgehead atoms. The highest BCUT2D eigenvalue weighted by Gasteiger charge is 2.12. The summed E-state index contributed by atoms with van der Waals surface area (Å²) in [6.45, 7) is 4.18. The van der Waals surface area contributed by atoms with Crippen LogP contribution in [0.1, 0.15) is 19.9 Å². The number of rotatable bonds is 1. The fourth-order valence-corrected chi connectivity index (χ4v) is 2.70. The Hall–Kier alpha value is -0.540. The van der Waals surface area contributed by atoms with Crippen LogP contribution in [0.25, 0.3) is 10.9 Å². The first kappa shape index (κ1) is 9.99. The number of halogens is 2. The Kier molecular flexibility index (Phi) is 2.54. The van der Waals surface area contributed by atoms with Crippen molar-refractivity contribution in [1.29, 1.82) is 0 Å². The molecule has 0 unspecified atom stereocenters. The first-order valence-corrected chi connectivity index (χ1v) is 5.60. The number of nitrogens with zero attached hydrogens (tertiary/aromatic N) is 2. The Balaban J connectivity index is 2.81. The van der Waals surface area contributed by atoms with Gasteiger partial charge >= 0.3 is 0 Å². The normalized spacial score (nSPS) is 11.5. The summed E-state index contributed by atoms with van der Waals surface area (Å²) in [7, 11) is 0. The van der Waals surface area contributed by atoms with Crippen LogP contribution < -0.4 is 0 Å². The molecule has 14 heavy (non-hydrogen) atoms. The van der Waals surface area contributed by atoms with Crippen LogP contribution in [-0.2, 0) is 0 Å². The molecule has 1 aromatic carbocycles. The second-order valence-corrected chi connectivity index (χ2v) is 4.62. The molecule has 74 valence electrons. The summed E-state index contributed by atoms with van der Waals surface area (Å²) in [5, 5.41) is 6.18. The zero-order valence-electron chi connectivity index (χ0n) is 7.96. The van der Waals surface area contributed by atoms with Crippen molar-refractivity contribution in [3.8, 4) is 0 Å². The quantitative estimate of drug-likeness (QED) is 0.767. The van der Waals surface area contributed by atoms with Crippen LogP contribution in [0, 0.1) is 0 Å². The number of fused-ring (bicyclic) bond motifs is 1. The lowest BCUT2D eigenvalue weighted by Gasteiger charge is -2.05. The maximum atomic E-state index is 6.10. The molecule has 0 aliphatic rings. The molecule has 0 saturated carbocycles. The molecule has 0 spiro atoms. The molecule has 4 heteroatoms. The van der Waals surface area contributed by atoms with E-state index in [2.05, 4.69) is 34.9 Å². The molecule has 2 aromatic rings. The van der Waals surface area contributed by atoms with Crippen molar-refractivity contribution >= 4 is 38.4 Å². The predicted octanol–water partition coefficient (Wildman–Crippen LogP) is 4.03. The molecule has 0 N–H and O–H groups in total. The third kappa shape index (κ3) is 1.44. The maximum absolute atomic E-state index is 6.10. The Labute approximate surface area is 96.0 Å². The van der Waals surface area contributed by atoms with E-state index in [-0.39, 0.29) is 0 Å². The number of aromatic nitrogens is 2. The molecule has 0 atom stereocenters. The van der Waals surface area contributed by atoms with Crippen LogP contribution >= 0.6 is 27.5 Å². The lowest BCUT2D eigenvalue weighted by atomic mass is 10.2. The Bertz CT molecular complexity index is 476. The van der Waals surface area contributed by atoms with E-state index < -0.39 is 0 Å². The number of hydrogen-bond acceptors (Lipinski definition) is 1. The summed E-state index contributed by atoms with van der Waals surface area (Å²) in [5.74, 6) is 0. The van der Waals surface area contributed by atoms with Gasteiger partial charge in [-0.05, 0) is 41.9 Å². The second-order valence-electron chi connectivity index (χ2n) is 3.46. The van der Waals surface area contributed by atoms with E-state index in [9.17, 15) is 0 Å². The first-order valence-electron chi connectivity index (χ1n) is 4.43.